The van der Waals surface area contributed by atoms with Crippen molar-refractivity contribution in [3.05, 3.63) is 0 Å². The molecule has 10 heteroatoms. The second-order valence-electron chi connectivity index (χ2n) is 2.66. The van der Waals surface area contributed by atoms with Gasteiger partial charge in [-0.2, -0.15) is 0 Å². The summed E-state index contributed by atoms with van der Waals surface area (Å²) in [6, 6.07) is 0. The van der Waals surface area contributed by atoms with E-state index in [1.54, 1.807) is 0 Å². The average molecular weight is 366 g/mol. The molecule has 0 aromatic heterocycles. The van der Waals surface area contributed by atoms with Gasteiger partial charge in [-0.1, -0.05) is 0 Å². The quantitative estimate of drug-likeness (QED) is 0.500. The van der Waals surface area contributed by atoms with Crippen LogP contribution in [0.1, 0.15) is 13.3 Å². The Labute approximate surface area is 100 Å². The minimum absolute atomic E-state index is 0.242. The monoisotopic (exact) mass is 366 g/mol. The second-order valence-corrected chi connectivity index (χ2v) is 42.5. The zero-order valence-electron chi connectivity index (χ0n) is 7.70. The van der Waals surface area contributed by atoms with Crippen LogP contribution in [0.25, 0.3) is 0 Å². The molecule has 9 unspecified atom stereocenters. The number of hydrogen-bond donors (Lipinski definition) is 0. The Bertz CT molecular complexity index is 134. The molecule has 0 N–H and O–H groups in total. The van der Waals surface area contributed by atoms with E-state index in [2.05, 4.69) is 51.6 Å². The normalized spacial score (nSPS) is 20.2. The van der Waals surface area contributed by atoms with Gasteiger partial charge in [-0.05, 0) is 0 Å². The van der Waals surface area contributed by atoms with Crippen molar-refractivity contribution in [1.29, 1.82) is 0 Å². The van der Waals surface area contributed by atoms with Crippen LogP contribution in [-0.4, -0.2) is 6.16 Å². The van der Waals surface area contributed by atoms with Gasteiger partial charge in [0.1, 0.15) is 0 Å². The first-order chi connectivity index (χ1) is 5.99. The Hall–Kier alpha value is 4.30. The van der Waals surface area contributed by atoms with Gasteiger partial charge in [-0.25, -0.2) is 0 Å². The van der Waals surface area contributed by atoms with E-state index in [0.29, 0.717) is 6.99 Å². The summed E-state index contributed by atoms with van der Waals surface area (Å²) in [6.07, 6.45) is 1.78. The summed E-state index contributed by atoms with van der Waals surface area (Å²) < 4.78 is 0. The van der Waals surface area contributed by atoms with Crippen molar-refractivity contribution in [1.82, 2.24) is 0 Å². The molecule has 0 aliphatic carbocycles. The molecule has 0 aromatic rings. The fourth-order valence-corrected chi connectivity index (χ4v) is 93.8. The first-order valence-electron chi connectivity index (χ1n) is 3.84. The van der Waals surface area contributed by atoms with Crippen LogP contribution in [0.2, 0.25) is 0 Å². The summed E-state index contributed by atoms with van der Waals surface area (Å²) in [5.74, 6) is 0. The van der Waals surface area contributed by atoms with Crippen molar-refractivity contribution in [3.8, 4) is 0 Å². The number of hydrogen-bond acceptors (Lipinski definition) is 0. The molecule has 0 spiro atoms. The molecule has 0 aromatic carbocycles. The summed E-state index contributed by atoms with van der Waals surface area (Å²) in [6.45, 7) is 2.86. The van der Waals surface area contributed by atoms with Crippen molar-refractivity contribution in [2.24, 2.45) is 0 Å². The Balaban J connectivity index is 4.35. The summed E-state index contributed by atoms with van der Waals surface area (Å²) in [5, 5.41) is 0. The first-order valence-corrected chi connectivity index (χ1v) is 22.8. The molecule has 0 saturated heterocycles. The molecule has 13 heavy (non-hydrogen) atoms. The SMILES string of the molecule is CCC[PH](P)(P)P(PP)P(P)PP. The molecule has 0 saturated carbocycles. The molecular formula is C3H20P10. The Morgan fingerprint density at radius 1 is 1.23 bits per heavy atom. The topological polar surface area (TPSA) is 0 Å². The molecule has 0 aliphatic heterocycles. The van der Waals surface area contributed by atoms with Crippen molar-refractivity contribution in [2.75, 3.05) is 6.16 Å². The van der Waals surface area contributed by atoms with Crippen molar-refractivity contribution in [2.45, 2.75) is 13.3 Å². The average Bonchev–Trinajstić information content (AvgIpc) is 2.04. The maximum absolute atomic E-state index is 3.22. The zero-order chi connectivity index (χ0) is 10.5. The first kappa shape index (κ1) is 17.3. The van der Waals surface area contributed by atoms with Gasteiger partial charge in [0.2, 0.25) is 0 Å². The van der Waals surface area contributed by atoms with Crippen LogP contribution in [0.4, 0.5) is 0 Å². The third kappa shape index (κ3) is 6.70. The van der Waals surface area contributed by atoms with E-state index < -0.39 is 6.33 Å². The summed E-state index contributed by atoms with van der Waals surface area (Å²) >= 11 is 0. The van der Waals surface area contributed by atoms with Gasteiger partial charge in [0.15, 0.2) is 0 Å². The van der Waals surface area contributed by atoms with Crippen molar-refractivity contribution in [3.63, 3.8) is 0 Å². The van der Waals surface area contributed by atoms with E-state index in [0.717, 1.165) is 15.9 Å². The molecular weight excluding hydrogens is 346 g/mol. The number of rotatable bonds is 6. The van der Waals surface area contributed by atoms with E-state index in [-0.39, 0.29) is 6.99 Å². The molecule has 9 atom stereocenters. The third-order valence-electron chi connectivity index (χ3n) is 1.51. The third-order valence-corrected chi connectivity index (χ3v) is 66.3. The van der Waals surface area contributed by atoms with Crippen LogP contribution in [0.5, 0.6) is 0 Å². The van der Waals surface area contributed by atoms with E-state index in [9.17, 15) is 0 Å². The van der Waals surface area contributed by atoms with E-state index in [1.165, 1.54) is 12.6 Å². The van der Waals surface area contributed by atoms with Crippen LogP contribution in [0, 0.1) is 0 Å². The predicted molar refractivity (Wildman–Crippen MR) is 102 cm³/mol. The second kappa shape index (κ2) is 9.26. The van der Waals surface area contributed by atoms with E-state index in [4.69, 9.17) is 0 Å². The van der Waals surface area contributed by atoms with Crippen molar-refractivity contribution < 1.29 is 0 Å². The van der Waals surface area contributed by atoms with E-state index >= 15 is 0 Å². The molecule has 0 heterocycles. The summed E-state index contributed by atoms with van der Waals surface area (Å²) in [5.41, 5.74) is 0. The molecule has 0 nitrogen and oxygen atoms in total. The molecule has 0 fully saturated rings. The van der Waals surface area contributed by atoms with Crippen LogP contribution in [0.3, 0.4) is 0 Å². The van der Waals surface area contributed by atoms with Gasteiger partial charge in [-0.15, -0.1) is 0 Å². The molecule has 0 radical (unpaired) electrons. The molecule has 0 aliphatic rings. The molecule has 0 rings (SSSR count). The fourth-order valence-electron chi connectivity index (χ4n) is 0.947. The molecule has 0 bridgehead atoms. The summed E-state index contributed by atoms with van der Waals surface area (Å²) in [7, 11) is 17.7. The van der Waals surface area contributed by atoms with Gasteiger partial charge in [-0.3, -0.25) is 0 Å². The fraction of sp³-hybridized carbons (Fsp3) is 1.00. The van der Waals surface area contributed by atoms with Crippen LogP contribution in [-0.2, 0) is 0 Å². The van der Waals surface area contributed by atoms with Gasteiger partial charge in [0.05, 0.1) is 0 Å². The minimum atomic E-state index is -1.03. The van der Waals surface area contributed by atoms with Gasteiger partial charge in [0.25, 0.3) is 0 Å². The van der Waals surface area contributed by atoms with E-state index in [1.807, 2.05) is 0 Å². The standard InChI is InChI=1S/C3H20P10/c1-2-3-13(7,8)12(10-5)11(6)9-4/h9-10,13H,2-8H2,1H3. The molecule has 0 amide bonds. The van der Waals surface area contributed by atoms with Crippen LogP contribution < -0.4 is 0 Å². The van der Waals surface area contributed by atoms with Crippen molar-refractivity contribution >= 4 is 80.9 Å². The Morgan fingerprint density at radius 3 is 2.08 bits per heavy atom. The van der Waals surface area contributed by atoms with Gasteiger partial charge in [0, 0.05) is 0 Å². The van der Waals surface area contributed by atoms with Crippen LogP contribution in [0.15, 0.2) is 0 Å². The van der Waals surface area contributed by atoms with Gasteiger partial charge < -0.3 is 0 Å². The Kier molecular flexibility index (Phi) is 12.3. The van der Waals surface area contributed by atoms with Gasteiger partial charge >= 0.3 is 100 Å². The maximum atomic E-state index is 3.22. The van der Waals surface area contributed by atoms with Crippen LogP contribution >= 0.6 is 80.9 Å². The molecule has 82 valence electrons. The predicted octanol–water partition coefficient (Wildman–Crippen LogP) is 6.08. The Morgan fingerprint density at radius 2 is 1.77 bits per heavy atom. The zero-order valence-corrected chi connectivity index (χ0v) is 18.3. The summed E-state index contributed by atoms with van der Waals surface area (Å²) in [4.78, 5) is 0.